The zero-order valence-corrected chi connectivity index (χ0v) is 14.6. The van der Waals surface area contributed by atoms with Crippen molar-refractivity contribution < 1.29 is 4.74 Å². The van der Waals surface area contributed by atoms with Crippen LogP contribution in [0.25, 0.3) is 10.8 Å². The van der Waals surface area contributed by atoms with Crippen molar-refractivity contribution in [2.75, 3.05) is 0 Å². The Bertz CT molecular complexity index is 736. The van der Waals surface area contributed by atoms with Crippen molar-refractivity contribution in [2.45, 2.75) is 11.9 Å². The van der Waals surface area contributed by atoms with Crippen molar-refractivity contribution in [2.24, 2.45) is 0 Å². The van der Waals surface area contributed by atoms with Gasteiger partial charge >= 0.3 is 0 Å². The number of alkyl halides is 1. The topological polar surface area (TPSA) is 9.23 Å². The molecule has 0 spiro atoms. The van der Waals surface area contributed by atoms with Crippen molar-refractivity contribution in [3.8, 4) is 5.75 Å². The van der Waals surface area contributed by atoms with E-state index in [4.69, 9.17) is 4.74 Å². The van der Waals surface area contributed by atoms with Gasteiger partial charge in [-0.25, -0.2) is 0 Å². The zero-order chi connectivity index (χ0) is 13.9. The molecule has 0 amide bonds. The van der Waals surface area contributed by atoms with Gasteiger partial charge in [-0.05, 0) is 38.8 Å². The molecule has 3 rings (SSSR count). The maximum atomic E-state index is 6.00. The first-order chi connectivity index (χ1) is 9.78. The van der Waals surface area contributed by atoms with Crippen molar-refractivity contribution in [1.29, 1.82) is 0 Å². The molecule has 0 saturated carbocycles. The standard InChI is InChI=1S/C16H12Br2OS/c17-8-15-14-4-2-1-3-11(14)5-6-16(15)19-9-13-7-12(18)10-20-13/h1-7,10H,8-9H2. The van der Waals surface area contributed by atoms with Gasteiger partial charge in [-0.1, -0.05) is 46.3 Å². The van der Waals surface area contributed by atoms with Crippen LogP contribution in [-0.4, -0.2) is 0 Å². The Morgan fingerprint density at radius 3 is 2.70 bits per heavy atom. The van der Waals surface area contributed by atoms with Gasteiger partial charge in [0.15, 0.2) is 0 Å². The van der Waals surface area contributed by atoms with E-state index in [1.54, 1.807) is 11.3 Å². The lowest BCUT2D eigenvalue weighted by atomic mass is 10.0. The van der Waals surface area contributed by atoms with E-state index in [0.29, 0.717) is 6.61 Å². The van der Waals surface area contributed by atoms with E-state index in [9.17, 15) is 0 Å². The predicted octanol–water partition coefficient (Wildman–Crippen LogP) is 6.14. The fraction of sp³-hybridized carbons (Fsp3) is 0.125. The molecule has 0 aliphatic heterocycles. The highest BCUT2D eigenvalue weighted by molar-refractivity contribution is 9.10. The van der Waals surface area contributed by atoms with Crippen LogP contribution in [0.2, 0.25) is 0 Å². The molecule has 0 atom stereocenters. The van der Waals surface area contributed by atoms with E-state index >= 15 is 0 Å². The molecule has 2 aromatic carbocycles. The fourth-order valence-corrected chi connectivity index (χ4v) is 4.11. The maximum absolute atomic E-state index is 6.00. The summed E-state index contributed by atoms with van der Waals surface area (Å²) >= 11 is 8.74. The molecule has 0 bridgehead atoms. The Morgan fingerprint density at radius 1 is 1.10 bits per heavy atom. The number of ether oxygens (including phenoxy) is 1. The van der Waals surface area contributed by atoms with Gasteiger partial charge in [0.25, 0.3) is 0 Å². The van der Waals surface area contributed by atoms with Crippen LogP contribution in [0, 0.1) is 0 Å². The van der Waals surface area contributed by atoms with Gasteiger partial charge in [0.05, 0.1) is 0 Å². The number of halogens is 2. The zero-order valence-electron chi connectivity index (χ0n) is 10.6. The third kappa shape index (κ3) is 2.92. The van der Waals surface area contributed by atoms with E-state index in [2.05, 4.69) is 79.7 Å². The lowest BCUT2D eigenvalue weighted by Crippen LogP contribution is -1.96. The maximum Gasteiger partial charge on any atom is 0.124 e. The number of rotatable bonds is 4. The summed E-state index contributed by atoms with van der Waals surface area (Å²) in [5.74, 6) is 0.949. The number of benzene rings is 2. The molecule has 0 aliphatic rings. The van der Waals surface area contributed by atoms with Gasteiger partial charge < -0.3 is 4.74 Å². The summed E-state index contributed by atoms with van der Waals surface area (Å²) in [5, 5.41) is 5.35. The second-order valence-corrected chi connectivity index (χ2v) is 6.89. The molecule has 0 unspecified atom stereocenters. The van der Waals surface area contributed by atoms with Gasteiger partial charge in [-0.15, -0.1) is 11.3 Å². The molecule has 0 radical (unpaired) electrons. The van der Waals surface area contributed by atoms with Gasteiger partial charge in [0.1, 0.15) is 12.4 Å². The molecule has 20 heavy (non-hydrogen) atoms. The van der Waals surface area contributed by atoms with Crippen molar-refractivity contribution in [1.82, 2.24) is 0 Å². The molecule has 1 nitrogen and oxygen atoms in total. The number of hydrogen-bond donors (Lipinski definition) is 0. The van der Waals surface area contributed by atoms with E-state index < -0.39 is 0 Å². The van der Waals surface area contributed by atoms with E-state index in [0.717, 1.165) is 15.6 Å². The Balaban J connectivity index is 1.91. The molecule has 1 aromatic heterocycles. The Labute approximate surface area is 138 Å². The van der Waals surface area contributed by atoms with Crippen LogP contribution >= 0.6 is 43.2 Å². The summed E-state index contributed by atoms with van der Waals surface area (Å²) < 4.78 is 7.11. The highest BCUT2D eigenvalue weighted by Gasteiger charge is 2.08. The van der Waals surface area contributed by atoms with Crippen molar-refractivity contribution in [3.05, 3.63) is 62.8 Å². The van der Waals surface area contributed by atoms with Crippen LogP contribution in [0.15, 0.2) is 52.3 Å². The molecule has 4 heteroatoms. The third-order valence-electron chi connectivity index (χ3n) is 3.12. The molecular weight excluding hydrogens is 400 g/mol. The SMILES string of the molecule is BrCc1c(OCc2cc(Br)cs2)ccc2ccccc12. The number of hydrogen-bond acceptors (Lipinski definition) is 2. The minimum atomic E-state index is 0.606. The summed E-state index contributed by atoms with van der Waals surface area (Å²) in [6.07, 6.45) is 0. The molecule has 0 saturated heterocycles. The summed E-state index contributed by atoms with van der Waals surface area (Å²) in [7, 11) is 0. The smallest absolute Gasteiger partial charge is 0.124 e. The molecular formula is C16H12Br2OS. The van der Waals surface area contributed by atoms with Crippen LogP contribution < -0.4 is 4.74 Å². The Kier molecular flexibility index (Phi) is 4.44. The van der Waals surface area contributed by atoms with Gasteiger partial charge in [-0.2, -0.15) is 0 Å². The highest BCUT2D eigenvalue weighted by atomic mass is 79.9. The Hall–Kier alpha value is -0.840. The molecule has 102 valence electrons. The molecule has 1 heterocycles. The number of thiophene rings is 1. The molecule has 0 N–H and O–H groups in total. The lowest BCUT2D eigenvalue weighted by Gasteiger charge is -2.12. The van der Waals surface area contributed by atoms with Gasteiger partial charge in [0.2, 0.25) is 0 Å². The van der Waals surface area contributed by atoms with Crippen LogP contribution in [0.1, 0.15) is 10.4 Å². The first-order valence-corrected chi connectivity index (χ1v) is 8.99. The second-order valence-electron chi connectivity index (χ2n) is 4.42. The highest BCUT2D eigenvalue weighted by Crippen LogP contribution is 2.31. The van der Waals surface area contributed by atoms with E-state index in [1.165, 1.54) is 21.2 Å². The second kappa shape index (κ2) is 6.29. The normalized spacial score (nSPS) is 10.9. The Morgan fingerprint density at radius 2 is 1.95 bits per heavy atom. The van der Waals surface area contributed by atoms with Crippen molar-refractivity contribution >= 4 is 54.0 Å². The largest absolute Gasteiger partial charge is 0.488 e. The fourth-order valence-electron chi connectivity index (χ4n) is 2.17. The molecule has 0 fully saturated rings. The molecule has 0 aliphatic carbocycles. The summed E-state index contributed by atoms with van der Waals surface area (Å²) in [5.41, 5.74) is 1.21. The average molecular weight is 412 g/mol. The number of fused-ring (bicyclic) bond motifs is 1. The minimum Gasteiger partial charge on any atom is -0.488 e. The predicted molar refractivity (Wildman–Crippen MR) is 92.9 cm³/mol. The van der Waals surface area contributed by atoms with Gasteiger partial charge in [0, 0.05) is 25.6 Å². The molecule has 3 aromatic rings. The van der Waals surface area contributed by atoms with E-state index in [1.807, 2.05) is 0 Å². The lowest BCUT2D eigenvalue weighted by molar-refractivity contribution is 0.308. The minimum absolute atomic E-state index is 0.606. The summed E-state index contributed by atoms with van der Waals surface area (Å²) in [6, 6.07) is 14.7. The van der Waals surface area contributed by atoms with Gasteiger partial charge in [-0.3, -0.25) is 0 Å². The van der Waals surface area contributed by atoms with Crippen LogP contribution in [-0.2, 0) is 11.9 Å². The summed E-state index contributed by atoms with van der Waals surface area (Å²) in [6.45, 7) is 0.606. The van der Waals surface area contributed by atoms with Crippen LogP contribution in [0.3, 0.4) is 0 Å². The first-order valence-electron chi connectivity index (χ1n) is 6.20. The van der Waals surface area contributed by atoms with Crippen LogP contribution in [0.4, 0.5) is 0 Å². The van der Waals surface area contributed by atoms with Crippen LogP contribution in [0.5, 0.6) is 5.75 Å². The summed E-state index contributed by atoms with van der Waals surface area (Å²) in [4.78, 5) is 1.21. The monoisotopic (exact) mass is 410 g/mol. The first kappa shape index (κ1) is 14.1. The third-order valence-corrected chi connectivity index (χ3v) is 5.35. The van der Waals surface area contributed by atoms with Crippen molar-refractivity contribution in [3.63, 3.8) is 0 Å². The average Bonchev–Trinajstić information content (AvgIpc) is 2.90. The quantitative estimate of drug-likeness (QED) is 0.468. The van der Waals surface area contributed by atoms with E-state index in [-0.39, 0.29) is 0 Å².